The van der Waals surface area contributed by atoms with Crippen LogP contribution in [0, 0.1) is 0 Å². The molecular formula is C16H25NO. The molecule has 0 spiro atoms. The van der Waals surface area contributed by atoms with Crippen LogP contribution in [-0.2, 0) is 6.42 Å². The Balaban J connectivity index is 1.89. The SMILES string of the molecule is CC(C)c1ccc(CCC2(O)CCNCC2)cc1. The minimum atomic E-state index is -0.442. The van der Waals surface area contributed by atoms with Crippen LogP contribution < -0.4 is 5.32 Å². The second-order valence-corrected chi connectivity index (χ2v) is 5.87. The Morgan fingerprint density at radius 3 is 2.33 bits per heavy atom. The van der Waals surface area contributed by atoms with E-state index in [0.29, 0.717) is 5.92 Å². The second kappa shape index (κ2) is 5.85. The van der Waals surface area contributed by atoms with E-state index in [1.165, 1.54) is 11.1 Å². The average molecular weight is 247 g/mol. The number of piperidine rings is 1. The van der Waals surface area contributed by atoms with Crippen LogP contribution in [0.25, 0.3) is 0 Å². The molecule has 1 heterocycles. The largest absolute Gasteiger partial charge is 0.390 e. The highest BCUT2D eigenvalue weighted by atomic mass is 16.3. The number of benzene rings is 1. The van der Waals surface area contributed by atoms with Gasteiger partial charge in [-0.15, -0.1) is 0 Å². The van der Waals surface area contributed by atoms with Crippen molar-refractivity contribution < 1.29 is 5.11 Å². The molecule has 1 aromatic carbocycles. The number of nitrogens with one attached hydrogen (secondary N) is 1. The molecule has 1 aliphatic heterocycles. The lowest BCUT2D eigenvalue weighted by Gasteiger charge is -2.32. The van der Waals surface area contributed by atoms with Gasteiger partial charge in [-0.3, -0.25) is 0 Å². The highest BCUT2D eigenvalue weighted by Crippen LogP contribution is 2.24. The predicted octanol–water partition coefficient (Wildman–Crippen LogP) is 2.86. The Hall–Kier alpha value is -0.860. The molecule has 0 amide bonds. The molecule has 1 aliphatic rings. The normalized spacial score (nSPS) is 19.1. The van der Waals surface area contributed by atoms with Gasteiger partial charge in [-0.2, -0.15) is 0 Å². The van der Waals surface area contributed by atoms with E-state index in [9.17, 15) is 5.11 Å². The number of hydrogen-bond donors (Lipinski definition) is 2. The van der Waals surface area contributed by atoms with Gasteiger partial charge >= 0.3 is 0 Å². The Bertz CT molecular complexity index is 363. The lowest BCUT2D eigenvalue weighted by molar-refractivity contribution is 0.00281. The molecule has 0 aliphatic carbocycles. The van der Waals surface area contributed by atoms with Crippen molar-refractivity contribution in [1.82, 2.24) is 5.32 Å². The third-order valence-corrected chi connectivity index (χ3v) is 4.06. The zero-order valence-corrected chi connectivity index (χ0v) is 11.6. The van der Waals surface area contributed by atoms with Gasteiger partial charge in [0.25, 0.3) is 0 Å². The van der Waals surface area contributed by atoms with Gasteiger partial charge in [0, 0.05) is 0 Å². The second-order valence-electron chi connectivity index (χ2n) is 5.87. The van der Waals surface area contributed by atoms with Crippen molar-refractivity contribution in [3.8, 4) is 0 Å². The van der Waals surface area contributed by atoms with Gasteiger partial charge in [0.1, 0.15) is 0 Å². The van der Waals surface area contributed by atoms with Crippen LogP contribution in [-0.4, -0.2) is 23.8 Å². The van der Waals surface area contributed by atoms with Crippen LogP contribution in [0.5, 0.6) is 0 Å². The molecule has 0 radical (unpaired) electrons. The van der Waals surface area contributed by atoms with Gasteiger partial charge in [-0.25, -0.2) is 0 Å². The summed E-state index contributed by atoms with van der Waals surface area (Å²) in [5, 5.41) is 13.7. The molecule has 18 heavy (non-hydrogen) atoms. The fourth-order valence-electron chi connectivity index (χ4n) is 2.59. The zero-order chi connectivity index (χ0) is 13.0. The van der Waals surface area contributed by atoms with Gasteiger partial charge in [-0.05, 0) is 55.8 Å². The van der Waals surface area contributed by atoms with Crippen molar-refractivity contribution in [1.29, 1.82) is 0 Å². The predicted molar refractivity (Wildman–Crippen MR) is 75.9 cm³/mol. The van der Waals surface area contributed by atoms with Gasteiger partial charge in [-0.1, -0.05) is 38.1 Å². The highest BCUT2D eigenvalue weighted by Gasteiger charge is 2.28. The Morgan fingerprint density at radius 2 is 1.78 bits per heavy atom. The first-order chi connectivity index (χ1) is 8.59. The molecule has 1 saturated heterocycles. The quantitative estimate of drug-likeness (QED) is 0.857. The van der Waals surface area contributed by atoms with E-state index in [1.54, 1.807) is 0 Å². The summed E-state index contributed by atoms with van der Waals surface area (Å²) < 4.78 is 0. The highest BCUT2D eigenvalue weighted by molar-refractivity contribution is 5.24. The van der Waals surface area contributed by atoms with E-state index in [-0.39, 0.29) is 0 Å². The molecule has 2 N–H and O–H groups in total. The monoisotopic (exact) mass is 247 g/mol. The molecule has 100 valence electrons. The summed E-state index contributed by atoms with van der Waals surface area (Å²) in [6.45, 7) is 6.32. The third-order valence-electron chi connectivity index (χ3n) is 4.06. The van der Waals surface area contributed by atoms with E-state index in [1.807, 2.05) is 0 Å². The molecule has 0 aromatic heterocycles. The molecule has 1 fully saturated rings. The van der Waals surface area contributed by atoms with E-state index < -0.39 is 5.60 Å². The first-order valence-electron chi connectivity index (χ1n) is 7.11. The summed E-state index contributed by atoms with van der Waals surface area (Å²) >= 11 is 0. The van der Waals surface area contributed by atoms with Crippen molar-refractivity contribution in [3.63, 3.8) is 0 Å². The molecule has 0 atom stereocenters. The Kier molecular flexibility index (Phi) is 4.41. The van der Waals surface area contributed by atoms with Gasteiger partial charge < -0.3 is 10.4 Å². The van der Waals surface area contributed by atoms with Crippen LogP contribution in [0.1, 0.15) is 50.2 Å². The van der Waals surface area contributed by atoms with Crippen molar-refractivity contribution in [2.24, 2.45) is 0 Å². The van der Waals surface area contributed by atoms with Crippen LogP contribution in [0.2, 0.25) is 0 Å². The molecule has 0 unspecified atom stereocenters. The fourth-order valence-corrected chi connectivity index (χ4v) is 2.59. The number of hydrogen-bond acceptors (Lipinski definition) is 2. The summed E-state index contributed by atoms with van der Waals surface area (Å²) in [6.07, 6.45) is 3.64. The van der Waals surface area contributed by atoms with Crippen molar-refractivity contribution >= 4 is 0 Å². The maximum absolute atomic E-state index is 10.4. The van der Waals surface area contributed by atoms with E-state index in [4.69, 9.17) is 0 Å². The maximum atomic E-state index is 10.4. The Labute approximate surface area is 110 Å². The Morgan fingerprint density at radius 1 is 1.17 bits per heavy atom. The summed E-state index contributed by atoms with van der Waals surface area (Å²) in [4.78, 5) is 0. The average Bonchev–Trinajstić information content (AvgIpc) is 2.38. The van der Waals surface area contributed by atoms with Crippen molar-refractivity contribution in [2.45, 2.75) is 51.0 Å². The van der Waals surface area contributed by atoms with Crippen LogP contribution >= 0.6 is 0 Å². The van der Waals surface area contributed by atoms with Crippen LogP contribution in [0.4, 0.5) is 0 Å². The summed E-state index contributed by atoms with van der Waals surface area (Å²) in [5.74, 6) is 0.590. The first-order valence-corrected chi connectivity index (χ1v) is 7.11. The summed E-state index contributed by atoms with van der Waals surface area (Å²) in [7, 11) is 0. The lowest BCUT2D eigenvalue weighted by atomic mass is 9.86. The number of aliphatic hydroxyl groups is 1. The maximum Gasteiger partial charge on any atom is 0.0675 e. The van der Waals surface area contributed by atoms with Crippen LogP contribution in [0.15, 0.2) is 24.3 Å². The van der Waals surface area contributed by atoms with Gasteiger partial charge in [0.15, 0.2) is 0 Å². The van der Waals surface area contributed by atoms with Gasteiger partial charge in [0.05, 0.1) is 5.60 Å². The van der Waals surface area contributed by atoms with E-state index in [0.717, 1.165) is 38.8 Å². The van der Waals surface area contributed by atoms with Gasteiger partial charge in [0.2, 0.25) is 0 Å². The molecule has 1 aromatic rings. The summed E-state index contributed by atoms with van der Waals surface area (Å²) in [6, 6.07) is 8.85. The standard InChI is InChI=1S/C16H25NO/c1-13(2)15-5-3-14(4-6-15)7-8-16(18)9-11-17-12-10-16/h3-6,13,17-18H,7-12H2,1-2H3. The first kappa shape index (κ1) is 13.6. The van der Waals surface area contributed by atoms with Crippen LogP contribution in [0.3, 0.4) is 0 Å². The minimum Gasteiger partial charge on any atom is -0.390 e. The third kappa shape index (κ3) is 3.56. The molecule has 2 heteroatoms. The number of aryl methyl sites for hydroxylation is 1. The number of rotatable bonds is 4. The lowest BCUT2D eigenvalue weighted by Crippen LogP contribution is -2.42. The molecule has 2 nitrogen and oxygen atoms in total. The molecule has 0 bridgehead atoms. The zero-order valence-electron chi connectivity index (χ0n) is 11.6. The van der Waals surface area contributed by atoms with E-state index >= 15 is 0 Å². The fraction of sp³-hybridized carbons (Fsp3) is 0.625. The minimum absolute atomic E-state index is 0.442. The van der Waals surface area contributed by atoms with Crippen molar-refractivity contribution in [3.05, 3.63) is 35.4 Å². The molecule has 2 rings (SSSR count). The topological polar surface area (TPSA) is 32.3 Å². The smallest absolute Gasteiger partial charge is 0.0675 e. The van der Waals surface area contributed by atoms with Crippen molar-refractivity contribution in [2.75, 3.05) is 13.1 Å². The summed E-state index contributed by atoms with van der Waals surface area (Å²) in [5.41, 5.74) is 2.28. The molecule has 0 saturated carbocycles. The molecular weight excluding hydrogens is 222 g/mol. The van der Waals surface area contributed by atoms with E-state index in [2.05, 4.69) is 43.4 Å².